The van der Waals surface area contributed by atoms with Crippen molar-refractivity contribution < 1.29 is 31.9 Å². The van der Waals surface area contributed by atoms with Crippen LogP contribution in [-0.2, 0) is 22.3 Å². The Balaban J connectivity index is 1.68. The first-order chi connectivity index (χ1) is 17.2. The first kappa shape index (κ1) is 23.2. The number of esters is 1. The summed E-state index contributed by atoms with van der Waals surface area (Å²) in [6.45, 7) is -0.120. The minimum absolute atomic E-state index is 0.00608. The van der Waals surface area contributed by atoms with Gasteiger partial charge in [0, 0.05) is 0 Å². The molecule has 0 unspecified atom stereocenters. The van der Waals surface area contributed by atoms with E-state index in [-0.39, 0.29) is 40.5 Å². The number of halogens is 3. The zero-order valence-corrected chi connectivity index (χ0v) is 18.5. The van der Waals surface area contributed by atoms with E-state index in [1.54, 1.807) is 54.6 Å². The van der Waals surface area contributed by atoms with Gasteiger partial charge in [0.2, 0.25) is 5.88 Å². The monoisotopic (exact) mass is 493 g/mol. The molecule has 3 aromatic carbocycles. The second kappa shape index (κ2) is 8.92. The number of nitrogens with two attached hydrogens (primary N) is 1. The minimum atomic E-state index is -4.65. The quantitative estimate of drug-likeness (QED) is 0.309. The smallest absolute Gasteiger partial charge is 0.416 e. The van der Waals surface area contributed by atoms with Gasteiger partial charge >= 0.3 is 17.8 Å². The van der Waals surface area contributed by atoms with Gasteiger partial charge in [0.25, 0.3) is 0 Å². The molecule has 0 saturated heterocycles. The largest absolute Gasteiger partial charge is 0.457 e. The summed E-state index contributed by atoms with van der Waals surface area (Å²) in [4.78, 5) is 26.4. The van der Waals surface area contributed by atoms with Crippen LogP contribution in [0.15, 0.2) is 99.5 Å². The van der Waals surface area contributed by atoms with Crippen LogP contribution in [0.4, 0.5) is 13.2 Å². The average Bonchev–Trinajstić information content (AvgIpc) is 2.87. The Morgan fingerprint density at radius 2 is 1.69 bits per heavy atom. The number of alkyl halides is 3. The third kappa shape index (κ3) is 4.19. The molecule has 6 nitrogen and oxygen atoms in total. The molecule has 5 rings (SSSR count). The highest BCUT2D eigenvalue weighted by molar-refractivity contribution is 5.94. The molecule has 182 valence electrons. The standard InChI is InChI=1S/C27H18F3NO5/c28-27(29,30)17-10-6-9-16(13-17)20-21-23(18-11-4-5-12-19(18)35-26(21)33)36-24(31)22(20)25(32)34-14-15-7-2-1-3-8-15/h1-13,20H,14,31H2/t20-/m0/s1. The predicted octanol–water partition coefficient (Wildman–Crippen LogP) is 5.25. The fourth-order valence-electron chi connectivity index (χ4n) is 4.19. The maximum atomic E-state index is 13.5. The van der Waals surface area contributed by atoms with Crippen molar-refractivity contribution in [3.63, 3.8) is 0 Å². The number of fused-ring (bicyclic) bond motifs is 3. The number of carbonyl (C=O) groups is 1. The number of hydrogen-bond donors (Lipinski definition) is 1. The maximum absolute atomic E-state index is 13.5. The summed E-state index contributed by atoms with van der Waals surface area (Å²) < 4.78 is 57.2. The van der Waals surface area contributed by atoms with Crippen LogP contribution < -0.4 is 16.1 Å². The van der Waals surface area contributed by atoms with E-state index in [9.17, 15) is 22.8 Å². The molecule has 1 aliphatic heterocycles. The van der Waals surface area contributed by atoms with E-state index in [2.05, 4.69) is 0 Å². The van der Waals surface area contributed by atoms with E-state index < -0.39 is 29.3 Å². The first-order valence-electron chi connectivity index (χ1n) is 10.9. The highest BCUT2D eigenvalue weighted by Crippen LogP contribution is 2.45. The molecule has 2 heterocycles. The van der Waals surface area contributed by atoms with Crippen LogP contribution in [-0.4, -0.2) is 5.97 Å². The summed E-state index contributed by atoms with van der Waals surface area (Å²) in [6.07, 6.45) is -4.65. The van der Waals surface area contributed by atoms with Crippen molar-refractivity contribution in [3.05, 3.63) is 123 Å². The molecular weight excluding hydrogens is 475 g/mol. The summed E-state index contributed by atoms with van der Waals surface area (Å²) >= 11 is 0. The van der Waals surface area contributed by atoms with Gasteiger partial charge in [0.1, 0.15) is 17.8 Å². The van der Waals surface area contributed by atoms with E-state index in [1.807, 2.05) is 0 Å². The summed E-state index contributed by atoms with van der Waals surface area (Å²) in [7, 11) is 0. The topological polar surface area (TPSA) is 91.8 Å². The van der Waals surface area contributed by atoms with Gasteiger partial charge in [0.15, 0.2) is 5.75 Å². The van der Waals surface area contributed by atoms with Crippen LogP contribution >= 0.6 is 0 Å². The number of ether oxygens (including phenoxy) is 2. The molecular formula is C27H18F3NO5. The van der Waals surface area contributed by atoms with E-state index in [0.29, 0.717) is 10.9 Å². The molecule has 0 amide bonds. The van der Waals surface area contributed by atoms with Crippen LogP contribution in [0.25, 0.3) is 11.0 Å². The lowest BCUT2D eigenvalue weighted by Crippen LogP contribution is -2.31. The van der Waals surface area contributed by atoms with Gasteiger partial charge in [-0.2, -0.15) is 13.2 Å². The van der Waals surface area contributed by atoms with Crippen molar-refractivity contribution >= 4 is 16.9 Å². The molecule has 0 aliphatic carbocycles. The molecule has 0 saturated carbocycles. The minimum Gasteiger partial charge on any atom is -0.457 e. The summed E-state index contributed by atoms with van der Waals surface area (Å²) in [5, 5.41) is 0.378. The Bertz CT molecular complexity index is 1560. The second-order valence-electron chi connectivity index (χ2n) is 8.13. The number of para-hydroxylation sites is 1. The Labute approximate surface area is 202 Å². The molecule has 0 fully saturated rings. The van der Waals surface area contributed by atoms with E-state index >= 15 is 0 Å². The highest BCUT2D eigenvalue weighted by atomic mass is 19.4. The number of rotatable bonds is 4. The zero-order chi connectivity index (χ0) is 25.4. The van der Waals surface area contributed by atoms with Gasteiger partial charge in [-0.25, -0.2) is 9.59 Å². The molecule has 1 atom stereocenters. The normalized spacial score (nSPS) is 15.4. The lowest BCUT2D eigenvalue weighted by molar-refractivity contribution is -0.140. The van der Waals surface area contributed by atoms with Gasteiger partial charge in [-0.15, -0.1) is 0 Å². The molecule has 0 spiro atoms. The van der Waals surface area contributed by atoms with Crippen molar-refractivity contribution in [2.75, 3.05) is 0 Å². The first-order valence-corrected chi connectivity index (χ1v) is 10.9. The van der Waals surface area contributed by atoms with Crippen molar-refractivity contribution in [2.45, 2.75) is 18.7 Å². The molecule has 2 N–H and O–H groups in total. The average molecular weight is 493 g/mol. The van der Waals surface area contributed by atoms with Crippen LogP contribution in [0.1, 0.15) is 28.2 Å². The van der Waals surface area contributed by atoms with Crippen molar-refractivity contribution in [2.24, 2.45) is 5.73 Å². The molecule has 1 aliphatic rings. The molecule has 0 bridgehead atoms. The van der Waals surface area contributed by atoms with Gasteiger partial charge in [0.05, 0.1) is 22.4 Å². The van der Waals surface area contributed by atoms with Gasteiger partial charge < -0.3 is 19.6 Å². The Morgan fingerprint density at radius 3 is 2.44 bits per heavy atom. The van der Waals surface area contributed by atoms with Gasteiger partial charge in [-0.05, 0) is 29.3 Å². The number of benzene rings is 3. The van der Waals surface area contributed by atoms with E-state index in [1.165, 1.54) is 12.1 Å². The van der Waals surface area contributed by atoms with Crippen LogP contribution in [0.5, 0.6) is 5.75 Å². The number of carbonyl (C=O) groups excluding carboxylic acids is 1. The summed E-state index contributed by atoms with van der Waals surface area (Å²) in [5.41, 5.74) is 4.79. The van der Waals surface area contributed by atoms with Crippen molar-refractivity contribution in [1.29, 1.82) is 0 Å². The predicted molar refractivity (Wildman–Crippen MR) is 124 cm³/mol. The van der Waals surface area contributed by atoms with Crippen LogP contribution in [0, 0.1) is 0 Å². The molecule has 0 radical (unpaired) electrons. The maximum Gasteiger partial charge on any atom is 0.416 e. The highest BCUT2D eigenvalue weighted by Gasteiger charge is 2.40. The Kier molecular flexibility index (Phi) is 5.75. The van der Waals surface area contributed by atoms with E-state index in [4.69, 9.17) is 19.6 Å². The number of hydrogen-bond acceptors (Lipinski definition) is 6. The zero-order valence-electron chi connectivity index (χ0n) is 18.5. The summed E-state index contributed by atoms with van der Waals surface area (Å²) in [5.74, 6) is -2.61. The second-order valence-corrected chi connectivity index (χ2v) is 8.13. The Hall–Kier alpha value is -4.53. The SMILES string of the molecule is NC1=C(C(=O)OCc2ccccc2)[C@@H](c2cccc(C(F)(F)F)c2)c2c(c3ccccc3oc2=O)O1. The third-order valence-electron chi connectivity index (χ3n) is 5.83. The van der Waals surface area contributed by atoms with Crippen LogP contribution in [0.2, 0.25) is 0 Å². The molecule has 36 heavy (non-hydrogen) atoms. The Morgan fingerprint density at radius 1 is 0.972 bits per heavy atom. The van der Waals surface area contributed by atoms with Crippen molar-refractivity contribution in [1.82, 2.24) is 0 Å². The van der Waals surface area contributed by atoms with Gasteiger partial charge in [-0.3, -0.25) is 0 Å². The fourth-order valence-corrected chi connectivity index (χ4v) is 4.19. The molecule has 9 heteroatoms. The third-order valence-corrected chi connectivity index (χ3v) is 5.83. The molecule has 4 aromatic rings. The van der Waals surface area contributed by atoms with Crippen LogP contribution in [0.3, 0.4) is 0 Å². The lowest BCUT2D eigenvalue weighted by atomic mass is 9.82. The summed E-state index contributed by atoms with van der Waals surface area (Å²) in [6, 6.07) is 19.6. The fraction of sp³-hybridized carbons (Fsp3) is 0.111. The molecule has 1 aromatic heterocycles. The van der Waals surface area contributed by atoms with Crippen molar-refractivity contribution in [3.8, 4) is 5.75 Å². The van der Waals surface area contributed by atoms with Gasteiger partial charge in [-0.1, -0.05) is 60.7 Å². The lowest BCUT2D eigenvalue weighted by Gasteiger charge is -2.28. The van der Waals surface area contributed by atoms with E-state index in [0.717, 1.165) is 12.1 Å².